The molecule has 5 heteroatoms. The van der Waals surface area contributed by atoms with Gasteiger partial charge in [-0.15, -0.1) is 0 Å². The summed E-state index contributed by atoms with van der Waals surface area (Å²) in [4.78, 5) is 9.11. The van der Waals surface area contributed by atoms with Crippen molar-refractivity contribution >= 4 is 23.1 Å². The van der Waals surface area contributed by atoms with Crippen molar-refractivity contribution in [1.29, 1.82) is 0 Å². The van der Waals surface area contributed by atoms with E-state index in [1.54, 1.807) is 0 Å². The van der Waals surface area contributed by atoms with Crippen LogP contribution in [0.25, 0.3) is 0 Å². The molecule has 0 amide bonds. The zero-order valence-electron chi connectivity index (χ0n) is 16.5. The number of hydrogen-bond donors (Lipinski definition) is 2. The smallest absolute Gasteiger partial charge is 0.229 e. The molecule has 2 aromatic carbocycles. The van der Waals surface area contributed by atoms with E-state index >= 15 is 0 Å². The quantitative estimate of drug-likeness (QED) is 0.591. The molecule has 0 aliphatic rings. The number of rotatable bonds is 6. The van der Waals surface area contributed by atoms with Gasteiger partial charge in [-0.3, -0.25) is 0 Å². The Morgan fingerprint density at radius 3 is 2.33 bits per heavy atom. The third kappa shape index (κ3) is 4.97. The van der Waals surface area contributed by atoms with Crippen LogP contribution >= 0.6 is 0 Å². The molecule has 0 saturated heterocycles. The summed E-state index contributed by atoms with van der Waals surface area (Å²) in [5, 5.41) is 6.66. The Bertz CT molecular complexity index is 920. The van der Waals surface area contributed by atoms with E-state index < -0.39 is 0 Å². The zero-order valence-corrected chi connectivity index (χ0v) is 16.5. The first-order valence-electron chi connectivity index (χ1n) is 9.13. The second-order valence-electron chi connectivity index (χ2n) is 6.91. The van der Waals surface area contributed by atoms with Crippen LogP contribution in [0.4, 0.5) is 23.1 Å². The van der Waals surface area contributed by atoms with Crippen molar-refractivity contribution in [1.82, 2.24) is 9.97 Å². The summed E-state index contributed by atoms with van der Waals surface area (Å²) in [5.74, 6) is 2.17. The van der Waals surface area contributed by atoms with E-state index in [0.717, 1.165) is 28.6 Å². The molecule has 0 atom stereocenters. The van der Waals surface area contributed by atoms with Gasteiger partial charge in [0.2, 0.25) is 5.95 Å². The summed E-state index contributed by atoms with van der Waals surface area (Å²) in [6.07, 6.45) is 0.159. The third-order valence-electron chi connectivity index (χ3n) is 4.20. The van der Waals surface area contributed by atoms with Gasteiger partial charge in [-0.2, -0.15) is 4.98 Å². The lowest BCUT2D eigenvalue weighted by molar-refractivity contribution is 0.242. The summed E-state index contributed by atoms with van der Waals surface area (Å²) >= 11 is 0. The summed E-state index contributed by atoms with van der Waals surface area (Å²) in [6.45, 7) is 10.2. The van der Waals surface area contributed by atoms with Crippen molar-refractivity contribution in [2.24, 2.45) is 0 Å². The highest BCUT2D eigenvalue weighted by atomic mass is 16.5. The molecule has 0 radical (unpaired) electrons. The number of anilines is 4. The first kappa shape index (κ1) is 18.7. The average Bonchev–Trinajstić information content (AvgIpc) is 2.60. The van der Waals surface area contributed by atoms with Gasteiger partial charge < -0.3 is 15.4 Å². The van der Waals surface area contributed by atoms with Crippen LogP contribution in [0.15, 0.2) is 48.5 Å². The average molecular weight is 362 g/mol. The Kier molecular flexibility index (Phi) is 5.60. The molecule has 1 heterocycles. The minimum Gasteiger partial charge on any atom is -0.491 e. The van der Waals surface area contributed by atoms with Crippen molar-refractivity contribution in [2.75, 3.05) is 10.6 Å². The van der Waals surface area contributed by atoms with Crippen molar-refractivity contribution in [3.63, 3.8) is 0 Å². The summed E-state index contributed by atoms with van der Waals surface area (Å²) in [7, 11) is 0. The van der Waals surface area contributed by atoms with E-state index in [2.05, 4.69) is 40.5 Å². The van der Waals surface area contributed by atoms with Gasteiger partial charge >= 0.3 is 0 Å². The fourth-order valence-corrected chi connectivity index (χ4v) is 2.73. The summed E-state index contributed by atoms with van der Waals surface area (Å²) in [6, 6.07) is 15.9. The molecule has 3 aromatic rings. The normalized spacial score (nSPS) is 10.7. The van der Waals surface area contributed by atoms with Gasteiger partial charge in [-0.05, 0) is 76.1 Å². The molecule has 0 unspecified atom stereocenters. The molecule has 5 nitrogen and oxygen atoms in total. The van der Waals surface area contributed by atoms with E-state index in [-0.39, 0.29) is 6.10 Å². The molecule has 0 aliphatic heterocycles. The molecule has 27 heavy (non-hydrogen) atoms. The van der Waals surface area contributed by atoms with Gasteiger partial charge in [0.15, 0.2) is 0 Å². The Morgan fingerprint density at radius 2 is 1.63 bits per heavy atom. The van der Waals surface area contributed by atoms with Crippen LogP contribution in [0, 0.1) is 20.8 Å². The molecule has 1 aromatic heterocycles. The van der Waals surface area contributed by atoms with Crippen LogP contribution in [0.5, 0.6) is 5.75 Å². The van der Waals surface area contributed by atoms with Crippen LogP contribution in [-0.4, -0.2) is 16.1 Å². The Labute approximate surface area is 160 Å². The number of benzene rings is 2. The van der Waals surface area contributed by atoms with E-state index in [9.17, 15) is 0 Å². The van der Waals surface area contributed by atoms with Gasteiger partial charge in [0, 0.05) is 23.1 Å². The molecule has 3 rings (SSSR count). The first-order valence-corrected chi connectivity index (χ1v) is 9.13. The van der Waals surface area contributed by atoms with Crippen LogP contribution in [0.2, 0.25) is 0 Å². The Hall–Kier alpha value is -3.08. The van der Waals surface area contributed by atoms with Gasteiger partial charge in [0.25, 0.3) is 0 Å². The van der Waals surface area contributed by atoms with Gasteiger partial charge in [0.05, 0.1) is 6.10 Å². The molecule has 0 aliphatic carbocycles. The fourth-order valence-electron chi connectivity index (χ4n) is 2.73. The fraction of sp³-hybridized carbons (Fsp3) is 0.273. The standard InChI is InChI=1S/C22H26N4O/c1-14(2)27-19-11-9-18(10-12-19)24-21-13-16(4)23-22(26-21)25-20-8-6-7-15(3)17(20)5/h6-14H,1-5H3,(H2,23,24,25,26). The topological polar surface area (TPSA) is 59.1 Å². The minimum atomic E-state index is 0.159. The van der Waals surface area contributed by atoms with Crippen LogP contribution in [0.1, 0.15) is 30.7 Å². The number of hydrogen-bond acceptors (Lipinski definition) is 5. The monoisotopic (exact) mass is 362 g/mol. The van der Waals surface area contributed by atoms with E-state index in [0.29, 0.717) is 5.95 Å². The highest BCUT2D eigenvalue weighted by molar-refractivity contribution is 5.63. The van der Waals surface area contributed by atoms with Crippen LogP contribution in [0.3, 0.4) is 0 Å². The van der Waals surface area contributed by atoms with Crippen molar-refractivity contribution in [3.05, 3.63) is 65.4 Å². The Balaban J connectivity index is 1.78. The molecule has 2 N–H and O–H groups in total. The van der Waals surface area contributed by atoms with Crippen molar-refractivity contribution in [2.45, 2.75) is 40.7 Å². The van der Waals surface area contributed by atoms with E-state index in [4.69, 9.17) is 4.74 Å². The molecule has 140 valence electrons. The highest BCUT2D eigenvalue weighted by Crippen LogP contribution is 2.24. The minimum absolute atomic E-state index is 0.159. The third-order valence-corrected chi connectivity index (χ3v) is 4.20. The molecule has 0 fully saturated rings. The van der Waals surface area contributed by atoms with Crippen molar-refractivity contribution < 1.29 is 4.74 Å². The number of ether oxygens (including phenoxy) is 1. The van der Waals surface area contributed by atoms with Gasteiger partial charge in [-0.1, -0.05) is 12.1 Å². The maximum absolute atomic E-state index is 5.68. The van der Waals surface area contributed by atoms with E-state index in [1.807, 2.05) is 63.2 Å². The lowest BCUT2D eigenvalue weighted by Crippen LogP contribution is -2.05. The molecule has 0 bridgehead atoms. The summed E-state index contributed by atoms with van der Waals surface area (Å²) < 4.78 is 5.68. The molecule has 0 saturated carbocycles. The van der Waals surface area contributed by atoms with E-state index in [1.165, 1.54) is 11.1 Å². The van der Waals surface area contributed by atoms with Gasteiger partial charge in [0.1, 0.15) is 11.6 Å². The first-order chi connectivity index (χ1) is 12.9. The molecular formula is C22H26N4O. The number of aryl methyl sites for hydroxylation is 2. The van der Waals surface area contributed by atoms with Crippen molar-refractivity contribution in [3.8, 4) is 5.75 Å². The van der Waals surface area contributed by atoms with Crippen LogP contribution in [-0.2, 0) is 0 Å². The molecular weight excluding hydrogens is 336 g/mol. The summed E-state index contributed by atoms with van der Waals surface area (Å²) in [5.41, 5.74) is 5.27. The SMILES string of the molecule is Cc1cc(Nc2ccc(OC(C)C)cc2)nc(Nc2cccc(C)c2C)n1. The molecule has 0 spiro atoms. The maximum Gasteiger partial charge on any atom is 0.229 e. The predicted molar refractivity (Wildman–Crippen MR) is 111 cm³/mol. The lowest BCUT2D eigenvalue weighted by Gasteiger charge is -2.13. The maximum atomic E-state index is 5.68. The number of nitrogens with zero attached hydrogens (tertiary/aromatic N) is 2. The van der Waals surface area contributed by atoms with Crippen LogP contribution < -0.4 is 15.4 Å². The van der Waals surface area contributed by atoms with Gasteiger partial charge in [-0.25, -0.2) is 4.98 Å². The lowest BCUT2D eigenvalue weighted by atomic mass is 10.1. The second kappa shape index (κ2) is 8.08. The second-order valence-corrected chi connectivity index (χ2v) is 6.91. The Morgan fingerprint density at radius 1 is 0.889 bits per heavy atom. The zero-order chi connectivity index (χ0) is 19.4. The number of aromatic nitrogens is 2. The highest BCUT2D eigenvalue weighted by Gasteiger charge is 2.07. The predicted octanol–water partition coefficient (Wildman–Crippen LogP) is 5.68. The largest absolute Gasteiger partial charge is 0.491 e. The number of nitrogens with one attached hydrogen (secondary N) is 2.